The van der Waals surface area contributed by atoms with Gasteiger partial charge in [-0.2, -0.15) is 0 Å². The molecule has 0 heterocycles. The van der Waals surface area contributed by atoms with Crippen LogP contribution in [0.2, 0.25) is 0 Å². The van der Waals surface area contributed by atoms with E-state index in [9.17, 15) is 0 Å². The summed E-state index contributed by atoms with van der Waals surface area (Å²) in [5, 5.41) is 0. The Labute approximate surface area is 81.3 Å². The lowest BCUT2D eigenvalue weighted by Gasteiger charge is -2.12. The molecule has 1 rings (SSSR count). The van der Waals surface area contributed by atoms with Crippen LogP contribution in [0.25, 0.3) is 0 Å². The molecule has 1 aromatic rings. The van der Waals surface area contributed by atoms with Crippen molar-refractivity contribution >= 4 is 0 Å². The first-order valence-electron chi connectivity index (χ1n) is 4.83. The minimum atomic E-state index is 0.607. The average Bonchev–Trinajstić information content (AvgIpc) is 2.03. The maximum atomic E-state index is 3.95. The smallest absolute Gasteiger partial charge is 0.00697 e. The van der Waals surface area contributed by atoms with E-state index in [0.29, 0.717) is 5.92 Å². The zero-order chi connectivity index (χ0) is 9.84. The maximum Gasteiger partial charge on any atom is -0.00697 e. The van der Waals surface area contributed by atoms with Crippen molar-refractivity contribution in [1.82, 2.24) is 0 Å². The normalized spacial score (nSPS) is 10.5. The fraction of sp³-hybridized carbons (Fsp3) is 0.385. The fourth-order valence-corrected chi connectivity index (χ4v) is 1.58. The van der Waals surface area contributed by atoms with Crippen LogP contribution in [0.5, 0.6) is 0 Å². The van der Waals surface area contributed by atoms with E-state index in [1.807, 2.05) is 0 Å². The van der Waals surface area contributed by atoms with Gasteiger partial charge in [-0.1, -0.05) is 50.3 Å². The van der Waals surface area contributed by atoms with Crippen LogP contribution >= 0.6 is 0 Å². The molecular formula is C13H18. The molecular weight excluding hydrogens is 156 g/mol. The molecule has 0 radical (unpaired) electrons. The van der Waals surface area contributed by atoms with E-state index in [1.54, 1.807) is 0 Å². The topological polar surface area (TPSA) is 0 Å². The maximum absolute atomic E-state index is 3.95. The molecule has 0 spiro atoms. The Balaban J connectivity index is 2.97. The Kier molecular flexibility index (Phi) is 3.30. The van der Waals surface area contributed by atoms with Crippen molar-refractivity contribution in [3.8, 4) is 0 Å². The van der Waals surface area contributed by atoms with Gasteiger partial charge in [-0.25, -0.2) is 0 Å². The summed E-state index contributed by atoms with van der Waals surface area (Å²) in [5.74, 6) is 0.607. The highest BCUT2D eigenvalue weighted by Gasteiger charge is 2.04. The number of hydrogen-bond donors (Lipinski definition) is 0. The summed E-state index contributed by atoms with van der Waals surface area (Å²) in [6.07, 6.45) is 1.01. The number of allylic oxidation sites excluding steroid dienone is 1. The molecule has 13 heavy (non-hydrogen) atoms. The van der Waals surface area contributed by atoms with Crippen LogP contribution in [0.15, 0.2) is 36.4 Å². The molecule has 0 saturated heterocycles. The average molecular weight is 174 g/mol. The van der Waals surface area contributed by atoms with Crippen molar-refractivity contribution in [3.63, 3.8) is 0 Å². The molecule has 70 valence electrons. The van der Waals surface area contributed by atoms with Crippen LogP contribution in [0.3, 0.4) is 0 Å². The van der Waals surface area contributed by atoms with E-state index in [1.165, 1.54) is 16.7 Å². The number of benzene rings is 1. The predicted octanol–water partition coefficient (Wildman–Crippen LogP) is 3.93. The van der Waals surface area contributed by atoms with Gasteiger partial charge >= 0.3 is 0 Å². The van der Waals surface area contributed by atoms with Gasteiger partial charge in [-0.15, -0.1) is 0 Å². The Morgan fingerprint density at radius 2 is 1.92 bits per heavy atom. The van der Waals surface area contributed by atoms with Crippen LogP contribution < -0.4 is 0 Å². The molecule has 0 nitrogen and oxygen atoms in total. The summed E-state index contributed by atoms with van der Waals surface area (Å²) in [6, 6.07) is 8.62. The van der Waals surface area contributed by atoms with Crippen molar-refractivity contribution in [2.24, 2.45) is 0 Å². The van der Waals surface area contributed by atoms with Crippen LogP contribution in [-0.4, -0.2) is 0 Å². The lowest BCUT2D eigenvalue weighted by Crippen LogP contribution is -1.96. The lowest BCUT2D eigenvalue weighted by molar-refractivity contribution is 0.847. The van der Waals surface area contributed by atoms with Crippen LogP contribution in [0, 0.1) is 0 Å². The summed E-state index contributed by atoms with van der Waals surface area (Å²) in [4.78, 5) is 0. The zero-order valence-electron chi connectivity index (χ0n) is 8.80. The molecule has 0 N–H and O–H groups in total. The van der Waals surface area contributed by atoms with E-state index in [-0.39, 0.29) is 0 Å². The van der Waals surface area contributed by atoms with Crippen molar-refractivity contribution in [3.05, 3.63) is 47.5 Å². The second-order valence-corrected chi connectivity index (χ2v) is 3.99. The molecule has 1 aromatic carbocycles. The largest absolute Gasteiger partial charge is 0.0998 e. The first-order valence-corrected chi connectivity index (χ1v) is 4.83. The molecule has 0 unspecified atom stereocenters. The van der Waals surface area contributed by atoms with Gasteiger partial charge in [0.25, 0.3) is 0 Å². The van der Waals surface area contributed by atoms with Gasteiger partial charge in [0.1, 0.15) is 0 Å². The zero-order valence-corrected chi connectivity index (χ0v) is 8.80. The Morgan fingerprint density at radius 1 is 1.31 bits per heavy atom. The minimum absolute atomic E-state index is 0.607. The van der Waals surface area contributed by atoms with Crippen molar-refractivity contribution < 1.29 is 0 Å². The Hall–Kier alpha value is -1.04. The van der Waals surface area contributed by atoms with Gasteiger partial charge in [-0.3, -0.25) is 0 Å². The van der Waals surface area contributed by atoms with E-state index in [4.69, 9.17) is 0 Å². The fourth-order valence-electron chi connectivity index (χ4n) is 1.58. The summed E-state index contributed by atoms with van der Waals surface area (Å²) in [7, 11) is 0. The summed E-state index contributed by atoms with van der Waals surface area (Å²) in [6.45, 7) is 10.5. The second-order valence-electron chi connectivity index (χ2n) is 3.99. The first kappa shape index (κ1) is 10.0. The molecule has 0 aromatic heterocycles. The standard InChI is InChI=1S/C13H18/c1-10(2)9-12-7-5-6-8-13(12)11(3)4/h5-8,11H,1,9H2,2-4H3. The monoisotopic (exact) mass is 174 g/mol. The van der Waals surface area contributed by atoms with E-state index in [2.05, 4.69) is 51.6 Å². The van der Waals surface area contributed by atoms with Gasteiger partial charge in [0.2, 0.25) is 0 Å². The molecule has 0 atom stereocenters. The molecule has 0 aliphatic rings. The van der Waals surface area contributed by atoms with E-state index in [0.717, 1.165) is 6.42 Å². The molecule has 0 aliphatic heterocycles. The van der Waals surface area contributed by atoms with Gasteiger partial charge in [0.05, 0.1) is 0 Å². The predicted molar refractivity (Wildman–Crippen MR) is 59.0 cm³/mol. The Morgan fingerprint density at radius 3 is 2.46 bits per heavy atom. The summed E-state index contributed by atoms with van der Waals surface area (Å²) >= 11 is 0. The van der Waals surface area contributed by atoms with Gasteiger partial charge in [0.15, 0.2) is 0 Å². The van der Waals surface area contributed by atoms with Crippen molar-refractivity contribution in [2.45, 2.75) is 33.1 Å². The molecule has 0 saturated carbocycles. The van der Waals surface area contributed by atoms with E-state index < -0.39 is 0 Å². The summed E-state index contributed by atoms with van der Waals surface area (Å²) < 4.78 is 0. The third-order valence-corrected chi connectivity index (χ3v) is 2.17. The second kappa shape index (κ2) is 4.27. The highest BCUT2D eigenvalue weighted by Crippen LogP contribution is 2.20. The molecule has 0 amide bonds. The first-order chi connectivity index (χ1) is 6.11. The number of rotatable bonds is 3. The number of hydrogen-bond acceptors (Lipinski definition) is 0. The quantitative estimate of drug-likeness (QED) is 0.609. The summed E-state index contributed by atoms with van der Waals surface area (Å²) in [5.41, 5.74) is 4.10. The third-order valence-electron chi connectivity index (χ3n) is 2.17. The van der Waals surface area contributed by atoms with E-state index >= 15 is 0 Å². The SMILES string of the molecule is C=C(C)Cc1ccccc1C(C)C. The molecule has 0 bridgehead atoms. The Bertz CT molecular complexity index is 295. The highest BCUT2D eigenvalue weighted by molar-refractivity contribution is 5.32. The van der Waals surface area contributed by atoms with Gasteiger partial charge in [-0.05, 0) is 30.4 Å². The lowest BCUT2D eigenvalue weighted by atomic mass is 9.94. The van der Waals surface area contributed by atoms with Gasteiger partial charge in [0, 0.05) is 0 Å². The molecule has 0 aliphatic carbocycles. The van der Waals surface area contributed by atoms with Crippen LogP contribution in [-0.2, 0) is 6.42 Å². The van der Waals surface area contributed by atoms with Gasteiger partial charge < -0.3 is 0 Å². The minimum Gasteiger partial charge on any atom is -0.0998 e. The van der Waals surface area contributed by atoms with Crippen molar-refractivity contribution in [1.29, 1.82) is 0 Å². The molecule has 0 fully saturated rings. The van der Waals surface area contributed by atoms with Crippen molar-refractivity contribution in [2.75, 3.05) is 0 Å². The third kappa shape index (κ3) is 2.73. The van der Waals surface area contributed by atoms with Crippen LogP contribution in [0.4, 0.5) is 0 Å². The highest BCUT2D eigenvalue weighted by atomic mass is 14.1. The molecule has 0 heteroatoms. The van der Waals surface area contributed by atoms with Crippen LogP contribution in [0.1, 0.15) is 37.8 Å².